The van der Waals surface area contributed by atoms with Gasteiger partial charge >= 0.3 is 11.9 Å². The monoisotopic (exact) mass is 450 g/mol. The highest BCUT2D eigenvalue weighted by molar-refractivity contribution is 8.00. The number of aryl methyl sites for hydroxylation is 1. The van der Waals surface area contributed by atoms with Crippen LogP contribution in [0.4, 0.5) is 13.2 Å². The average molecular weight is 450 g/mol. The molecule has 0 aliphatic heterocycles. The van der Waals surface area contributed by atoms with E-state index >= 15 is 0 Å². The first-order valence-corrected chi connectivity index (χ1v) is 9.52. The second-order valence-electron chi connectivity index (χ2n) is 6.14. The summed E-state index contributed by atoms with van der Waals surface area (Å²) in [6, 6.07) is 8.79. The van der Waals surface area contributed by atoms with Gasteiger partial charge in [-0.3, -0.25) is 4.79 Å². The zero-order valence-corrected chi connectivity index (χ0v) is 16.9. The number of ketones is 1. The number of nitrogens with zero attached hydrogens (tertiary/aromatic N) is 4. The topological polar surface area (TPSA) is 116 Å². The molecule has 2 heterocycles. The van der Waals surface area contributed by atoms with Gasteiger partial charge in [-0.15, -0.1) is 0 Å². The van der Waals surface area contributed by atoms with Crippen molar-refractivity contribution in [1.82, 2.24) is 10.3 Å². The van der Waals surface area contributed by atoms with Gasteiger partial charge in [0.1, 0.15) is 22.5 Å². The Hall–Kier alpha value is -3.59. The smallest absolute Gasteiger partial charge is 0.433 e. The van der Waals surface area contributed by atoms with Gasteiger partial charge in [-0.1, -0.05) is 11.8 Å². The molecule has 0 bridgehead atoms. The molecule has 0 amide bonds. The number of benzene rings is 1. The maximum absolute atomic E-state index is 13.1. The van der Waals surface area contributed by atoms with Crippen molar-refractivity contribution in [2.75, 3.05) is 12.9 Å². The van der Waals surface area contributed by atoms with Gasteiger partial charge in [-0.05, 0) is 35.4 Å². The summed E-state index contributed by atoms with van der Waals surface area (Å²) in [5, 5.41) is 24.6. The molecule has 0 saturated heterocycles. The fourth-order valence-electron chi connectivity index (χ4n) is 2.61. The second-order valence-corrected chi connectivity index (χ2v) is 7.11. The van der Waals surface area contributed by atoms with E-state index in [-0.39, 0.29) is 16.2 Å². The minimum Gasteiger partial charge on any atom is -0.539 e. The summed E-state index contributed by atoms with van der Waals surface area (Å²) < 4.78 is 49.8. The molecule has 2 aromatic heterocycles. The lowest BCUT2D eigenvalue weighted by Crippen LogP contribution is -2.39. The normalized spacial score (nSPS) is 11.2. The van der Waals surface area contributed by atoms with E-state index in [1.165, 1.54) is 26.2 Å². The molecule has 0 radical (unpaired) electrons. The van der Waals surface area contributed by atoms with Crippen molar-refractivity contribution in [1.29, 1.82) is 5.26 Å². The number of halogens is 3. The van der Waals surface area contributed by atoms with E-state index in [1.807, 2.05) is 0 Å². The maximum atomic E-state index is 13.1. The molecular weight excluding hydrogens is 437 g/mol. The summed E-state index contributed by atoms with van der Waals surface area (Å²) in [5.74, 6) is -1.69. The van der Waals surface area contributed by atoms with Crippen molar-refractivity contribution in [3.63, 3.8) is 0 Å². The van der Waals surface area contributed by atoms with Crippen LogP contribution in [0.2, 0.25) is 0 Å². The van der Waals surface area contributed by atoms with Crippen LogP contribution in [0, 0.1) is 18.3 Å². The lowest BCUT2D eigenvalue weighted by atomic mass is 10.1. The minimum atomic E-state index is -4.72. The van der Waals surface area contributed by atoms with Crippen molar-refractivity contribution >= 4 is 17.5 Å². The van der Waals surface area contributed by atoms with Crippen molar-refractivity contribution in [3.05, 3.63) is 52.8 Å². The highest BCUT2D eigenvalue weighted by Gasteiger charge is 2.34. The molecule has 8 nitrogen and oxygen atoms in total. The third-order valence-electron chi connectivity index (χ3n) is 4.12. The number of hydrogen-bond acceptors (Lipinski definition) is 8. The molecule has 0 spiro atoms. The molecule has 0 aliphatic carbocycles. The van der Waals surface area contributed by atoms with Gasteiger partial charge in [0.2, 0.25) is 11.5 Å². The number of methoxy groups -OCH3 is 1. The number of alkyl halides is 3. The van der Waals surface area contributed by atoms with E-state index in [0.29, 0.717) is 23.2 Å². The van der Waals surface area contributed by atoms with Crippen LogP contribution in [-0.4, -0.2) is 28.9 Å². The Labute approximate surface area is 177 Å². The van der Waals surface area contributed by atoms with E-state index < -0.39 is 35.0 Å². The van der Waals surface area contributed by atoms with Gasteiger partial charge in [0.05, 0.1) is 23.7 Å². The number of pyridine rings is 1. The Balaban J connectivity index is 1.89. The Morgan fingerprint density at radius 1 is 1.35 bits per heavy atom. The first kappa shape index (κ1) is 22.1. The van der Waals surface area contributed by atoms with Crippen LogP contribution in [-0.2, 0) is 6.18 Å². The van der Waals surface area contributed by atoms with Gasteiger partial charge in [-0.2, -0.15) is 18.4 Å². The number of carbonyl (C=O) groups is 1. The molecule has 0 unspecified atom stereocenters. The number of nitriles is 1. The molecule has 0 fully saturated rings. The Bertz CT molecular complexity index is 1170. The fourth-order valence-corrected chi connectivity index (χ4v) is 3.53. The summed E-state index contributed by atoms with van der Waals surface area (Å²) >= 11 is 0.616. The molecule has 0 atom stereocenters. The lowest BCUT2D eigenvalue weighted by Gasteiger charge is -2.11. The van der Waals surface area contributed by atoms with Crippen LogP contribution in [0.5, 0.6) is 11.7 Å². The van der Waals surface area contributed by atoms with E-state index in [9.17, 15) is 28.3 Å². The van der Waals surface area contributed by atoms with Crippen molar-refractivity contribution in [2.24, 2.45) is 0 Å². The molecule has 0 saturated carbocycles. The number of hydrogen-bond donors (Lipinski definition) is 0. The molecule has 1 aromatic carbocycles. The number of ether oxygens (including phenoxy) is 1. The average Bonchev–Trinajstić information content (AvgIpc) is 3.12. The Morgan fingerprint density at radius 3 is 2.61 bits per heavy atom. The van der Waals surface area contributed by atoms with Gasteiger partial charge < -0.3 is 14.4 Å². The summed E-state index contributed by atoms with van der Waals surface area (Å²) in [6.07, 6.45) is -4.72. The maximum Gasteiger partial charge on any atom is 0.433 e. The number of Topliss-reactive ketones (excluding diaryl/α,β-unsaturated/α-hetero) is 1. The van der Waals surface area contributed by atoms with Gasteiger partial charge in [0.25, 0.3) is 0 Å². The molecule has 0 aliphatic rings. The van der Waals surface area contributed by atoms with Crippen LogP contribution in [0.15, 0.2) is 39.9 Å². The van der Waals surface area contributed by atoms with Crippen LogP contribution in [0.25, 0.3) is 5.69 Å². The first-order valence-electron chi connectivity index (χ1n) is 8.54. The van der Waals surface area contributed by atoms with Crippen LogP contribution >= 0.6 is 11.8 Å². The van der Waals surface area contributed by atoms with Gasteiger partial charge in [-0.25, -0.2) is 4.98 Å². The largest absolute Gasteiger partial charge is 0.539 e. The number of thioether (sulfide) groups is 1. The Kier molecular flexibility index (Phi) is 6.16. The quantitative estimate of drug-likeness (QED) is 0.320. The Morgan fingerprint density at radius 2 is 2.03 bits per heavy atom. The summed E-state index contributed by atoms with van der Waals surface area (Å²) in [7, 11) is 1.47. The van der Waals surface area contributed by atoms with Crippen molar-refractivity contribution in [3.8, 4) is 23.5 Å². The highest BCUT2D eigenvalue weighted by Crippen LogP contribution is 2.33. The molecule has 12 heteroatoms. The SMILES string of the molecule is COc1ccc(-[n+]2noc([O-])c2C(=O)CSc2nc(C(F)(F)F)cc(C)c2C#N)cc1. The number of carbonyl (C=O) groups excluding carboxylic acids is 1. The molecule has 31 heavy (non-hydrogen) atoms. The lowest BCUT2D eigenvalue weighted by molar-refractivity contribution is -0.672. The predicted molar refractivity (Wildman–Crippen MR) is 97.8 cm³/mol. The molecule has 3 aromatic rings. The first-order chi connectivity index (χ1) is 14.7. The fraction of sp³-hybridized carbons (Fsp3) is 0.211. The third-order valence-corrected chi connectivity index (χ3v) is 5.09. The summed E-state index contributed by atoms with van der Waals surface area (Å²) in [4.78, 5) is 16.2. The molecule has 3 rings (SSSR count). The standard InChI is InChI=1S/C19H13F3N4O4S/c1-10-7-15(19(20,21)22)24-17(13(10)8-23)31-9-14(27)16-18(28)30-25-26(16)11-3-5-12(29-2)6-4-11/h3-7H,9H2,1-2H3. The predicted octanol–water partition coefficient (Wildman–Crippen LogP) is 2.60. The summed E-state index contributed by atoms with van der Waals surface area (Å²) in [6.45, 7) is 1.34. The van der Waals surface area contributed by atoms with E-state index in [1.54, 1.807) is 18.2 Å². The van der Waals surface area contributed by atoms with E-state index in [2.05, 4.69) is 14.8 Å². The van der Waals surface area contributed by atoms with Gasteiger partial charge in [0, 0.05) is 12.1 Å². The molecular formula is C19H13F3N4O4S. The highest BCUT2D eigenvalue weighted by atomic mass is 32.2. The van der Waals surface area contributed by atoms with Crippen LogP contribution in [0.3, 0.4) is 0 Å². The van der Waals surface area contributed by atoms with Gasteiger partial charge in [0.15, 0.2) is 5.95 Å². The minimum absolute atomic E-state index is 0.0718. The molecule has 0 N–H and O–H groups in total. The zero-order chi connectivity index (χ0) is 22.8. The number of aromatic nitrogens is 3. The van der Waals surface area contributed by atoms with Crippen molar-refractivity contribution < 1.29 is 37.0 Å². The number of rotatable bonds is 6. The van der Waals surface area contributed by atoms with Crippen LogP contribution < -0.4 is 14.5 Å². The van der Waals surface area contributed by atoms with E-state index in [0.717, 1.165) is 10.7 Å². The zero-order valence-electron chi connectivity index (χ0n) is 16.1. The summed E-state index contributed by atoms with van der Waals surface area (Å²) in [5.41, 5.74) is -1.27. The molecule has 160 valence electrons. The van der Waals surface area contributed by atoms with Crippen molar-refractivity contribution in [2.45, 2.75) is 18.1 Å². The van der Waals surface area contributed by atoms with E-state index in [4.69, 9.17) is 4.74 Å². The van der Waals surface area contributed by atoms with Crippen LogP contribution in [0.1, 0.15) is 27.3 Å². The third kappa shape index (κ3) is 4.61. The second kappa shape index (κ2) is 8.65.